The molecule has 132 valence electrons. The van der Waals surface area contributed by atoms with Crippen molar-refractivity contribution in [1.29, 1.82) is 0 Å². The van der Waals surface area contributed by atoms with Gasteiger partial charge in [0.1, 0.15) is 0 Å². The summed E-state index contributed by atoms with van der Waals surface area (Å²) in [6, 6.07) is 12.7. The molecule has 0 saturated heterocycles. The van der Waals surface area contributed by atoms with Crippen LogP contribution in [0.25, 0.3) is 0 Å². The van der Waals surface area contributed by atoms with E-state index in [0.717, 1.165) is 24.1 Å². The number of carbonyl (C=O) groups excluding carboxylic acids is 1. The summed E-state index contributed by atoms with van der Waals surface area (Å²) in [5.41, 5.74) is 6.67. The molecule has 25 heavy (non-hydrogen) atoms. The highest BCUT2D eigenvalue weighted by Crippen LogP contribution is 2.34. The molecule has 0 bridgehead atoms. The predicted octanol–water partition coefficient (Wildman–Crippen LogP) is 3.52. The molecule has 0 aromatic heterocycles. The van der Waals surface area contributed by atoms with Crippen molar-refractivity contribution in [2.45, 2.75) is 39.2 Å². The third kappa shape index (κ3) is 3.85. The Hall–Kier alpha value is -2.33. The van der Waals surface area contributed by atoms with Gasteiger partial charge in [0.25, 0.3) is 5.91 Å². The molecular weight excluding hydrogens is 312 g/mol. The van der Waals surface area contributed by atoms with E-state index in [1.54, 1.807) is 0 Å². The summed E-state index contributed by atoms with van der Waals surface area (Å²) >= 11 is 0. The Bertz CT molecular complexity index is 770. The van der Waals surface area contributed by atoms with E-state index >= 15 is 0 Å². The van der Waals surface area contributed by atoms with E-state index in [9.17, 15) is 4.79 Å². The van der Waals surface area contributed by atoms with Gasteiger partial charge in [0.15, 0.2) is 0 Å². The zero-order valence-electron chi connectivity index (χ0n) is 14.9. The maximum atomic E-state index is 12.3. The summed E-state index contributed by atoms with van der Waals surface area (Å²) < 4.78 is 0. The summed E-state index contributed by atoms with van der Waals surface area (Å²) in [5, 5.41) is 15.3. The van der Waals surface area contributed by atoms with E-state index in [0.29, 0.717) is 5.56 Å². The van der Waals surface area contributed by atoms with Crippen molar-refractivity contribution < 1.29 is 9.90 Å². The van der Waals surface area contributed by atoms with Crippen LogP contribution in [-0.4, -0.2) is 24.2 Å². The minimum atomic E-state index is -0.143. The molecule has 1 atom stereocenters. The van der Waals surface area contributed by atoms with Crippen molar-refractivity contribution in [3.05, 3.63) is 64.2 Å². The molecule has 0 saturated carbocycles. The summed E-state index contributed by atoms with van der Waals surface area (Å²) in [5.74, 6) is -0.143. The first kappa shape index (κ1) is 17.5. The Morgan fingerprint density at radius 1 is 1.24 bits per heavy atom. The molecule has 1 aliphatic rings. The van der Waals surface area contributed by atoms with Gasteiger partial charge in [0.05, 0.1) is 12.6 Å². The summed E-state index contributed by atoms with van der Waals surface area (Å²) in [7, 11) is 0. The molecule has 0 radical (unpaired) electrons. The molecule has 1 unspecified atom stereocenters. The number of fused-ring (bicyclic) bond motifs is 1. The highest BCUT2D eigenvalue weighted by molar-refractivity contribution is 5.97. The second kappa shape index (κ2) is 7.70. The van der Waals surface area contributed by atoms with Gasteiger partial charge in [-0.1, -0.05) is 29.8 Å². The van der Waals surface area contributed by atoms with Crippen LogP contribution in [-0.2, 0) is 6.42 Å². The quantitative estimate of drug-likeness (QED) is 0.782. The molecule has 3 rings (SSSR count). The van der Waals surface area contributed by atoms with Crippen molar-refractivity contribution in [1.82, 2.24) is 5.32 Å². The SMILES string of the molecule is Cc1ccc2c(c1)C(Nc1cccc(C(=O)NCCO)c1C)CCC2. The van der Waals surface area contributed by atoms with Crippen molar-refractivity contribution >= 4 is 11.6 Å². The molecule has 2 aromatic rings. The monoisotopic (exact) mass is 338 g/mol. The molecule has 2 aromatic carbocycles. The number of carbonyl (C=O) groups is 1. The molecule has 0 heterocycles. The zero-order chi connectivity index (χ0) is 17.8. The number of hydrogen-bond donors (Lipinski definition) is 3. The first-order chi connectivity index (χ1) is 12.1. The molecule has 4 nitrogen and oxygen atoms in total. The van der Waals surface area contributed by atoms with Crippen molar-refractivity contribution in [2.75, 3.05) is 18.5 Å². The highest BCUT2D eigenvalue weighted by atomic mass is 16.3. The molecule has 0 spiro atoms. The van der Waals surface area contributed by atoms with Crippen molar-refractivity contribution in [2.24, 2.45) is 0 Å². The van der Waals surface area contributed by atoms with Gasteiger partial charge in [-0.2, -0.15) is 0 Å². The maximum absolute atomic E-state index is 12.3. The Labute approximate surface area is 149 Å². The maximum Gasteiger partial charge on any atom is 0.251 e. The van der Waals surface area contributed by atoms with Gasteiger partial charge in [-0.25, -0.2) is 0 Å². The van der Waals surface area contributed by atoms with Crippen molar-refractivity contribution in [3.8, 4) is 0 Å². The van der Waals surface area contributed by atoms with E-state index in [2.05, 4.69) is 35.8 Å². The Balaban J connectivity index is 1.85. The first-order valence-corrected chi connectivity index (χ1v) is 8.95. The van der Waals surface area contributed by atoms with Crippen LogP contribution in [0.3, 0.4) is 0 Å². The van der Waals surface area contributed by atoms with E-state index in [1.807, 2.05) is 25.1 Å². The van der Waals surface area contributed by atoms with Crippen LogP contribution in [0.2, 0.25) is 0 Å². The second-order valence-electron chi connectivity index (χ2n) is 6.75. The summed E-state index contributed by atoms with van der Waals surface area (Å²) in [6.07, 6.45) is 3.40. The highest BCUT2D eigenvalue weighted by Gasteiger charge is 2.21. The third-order valence-electron chi connectivity index (χ3n) is 4.92. The van der Waals surface area contributed by atoms with E-state index < -0.39 is 0 Å². The molecule has 4 heteroatoms. The third-order valence-corrected chi connectivity index (χ3v) is 4.92. The minimum Gasteiger partial charge on any atom is -0.395 e. The van der Waals surface area contributed by atoms with Gasteiger partial charge in [0, 0.05) is 17.8 Å². The zero-order valence-corrected chi connectivity index (χ0v) is 14.9. The molecule has 0 fully saturated rings. The first-order valence-electron chi connectivity index (χ1n) is 8.95. The molecule has 1 aliphatic carbocycles. The fourth-order valence-electron chi connectivity index (χ4n) is 3.56. The number of anilines is 1. The minimum absolute atomic E-state index is 0.0546. The van der Waals surface area contributed by atoms with Crippen LogP contribution in [0.5, 0.6) is 0 Å². The van der Waals surface area contributed by atoms with E-state index in [-0.39, 0.29) is 25.1 Å². The number of nitrogens with one attached hydrogen (secondary N) is 2. The lowest BCUT2D eigenvalue weighted by Crippen LogP contribution is -2.27. The standard InChI is InChI=1S/C21H26N2O2/c1-14-9-10-16-5-3-8-20(18(16)13-14)23-19-7-4-6-17(15(19)2)21(25)22-11-12-24/h4,6-7,9-10,13,20,23-24H,3,5,8,11-12H2,1-2H3,(H,22,25). The van der Waals surface area contributed by atoms with Crippen LogP contribution >= 0.6 is 0 Å². The number of aryl methyl sites for hydroxylation is 2. The molecule has 0 aliphatic heterocycles. The van der Waals surface area contributed by atoms with Gasteiger partial charge >= 0.3 is 0 Å². The number of benzene rings is 2. The van der Waals surface area contributed by atoms with Crippen molar-refractivity contribution in [3.63, 3.8) is 0 Å². The van der Waals surface area contributed by atoms with Crippen LogP contribution in [0.1, 0.15) is 51.5 Å². The number of aliphatic hydroxyl groups is 1. The topological polar surface area (TPSA) is 61.4 Å². The van der Waals surface area contributed by atoms with E-state index in [4.69, 9.17) is 5.11 Å². The van der Waals surface area contributed by atoms with Gasteiger partial charge in [0.2, 0.25) is 0 Å². The second-order valence-corrected chi connectivity index (χ2v) is 6.75. The smallest absolute Gasteiger partial charge is 0.251 e. The van der Waals surface area contributed by atoms with Crippen LogP contribution in [0.15, 0.2) is 36.4 Å². The number of rotatable bonds is 5. The lowest BCUT2D eigenvalue weighted by atomic mass is 9.86. The number of aliphatic hydroxyl groups excluding tert-OH is 1. The predicted molar refractivity (Wildman–Crippen MR) is 101 cm³/mol. The Morgan fingerprint density at radius 2 is 2.08 bits per heavy atom. The summed E-state index contributed by atoms with van der Waals surface area (Å²) in [6.45, 7) is 4.31. The van der Waals surface area contributed by atoms with Gasteiger partial charge in [-0.15, -0.1) is 0 Å². The number of amides is 1. The van der Waals surface area contributed by atoms with Crippen LogP contribution < -0.4 is 10.6 Å². The fourth-order valence-corrected chi connectivity index (χ4v) is 3.56. The lowest BCUT2D eigenvalue weighted by Gasteiger charge is -2.28. The molecule has 1 amide bonds. The van der Waals surface area contributed by atoms with Crippen LogP contribution in [0.4, 0.5) is 5.69 Å². The Kier molecular flexibility index (Phi) is 5.39. The van der Waals surface area contributed by atoms with Crippen LogP contribution in [0, 0.1) is 13.8 Å². The van der Waals surface area contributed by atoms with Gasteiger partial charge < -0.3 is 15.7 Å². The Morgan fingerprint density at radius 3 is 2.88 bits per heavy atom. The normalized spacial score (nSPS) is 16.2. The molecular formula is C21H26N2O2. The number of hydrogen-bond acceptors (Lipinski definition) is 3. The average Bonchev–Trinajstić information content (AvgIpc) is 2.62. The fraction of sp³-hybridized carbons (Fsp3) is 0.381. The van der Waals surface area contributed by atoms with Gasteiger partial charge in [-0.3, -0.25) is 4.79 Å². The molecule has 3 N–H and O–H groups in total. The van der Waals surface area contributed by atoms with E-state index in [1.165, 1.54) is 23.1 Å². The van der Waals surface area contributed by atoms with Gasteiger partial charge in [-0.05, 0) is 61.9 Å². The summed E-state index contributed by atoms with van der Waals surface area (Å²) in [4.78, 5) is 12.3. The average molecular weight is 338 g/mol. The lowest BCUT2D eigenvalue weighted by molar-refractivity contribution is 0.0944. The largest absolute Gasteiger partial charge is 0.395 e.